The molecule has 24 heavy (non-hydrogen) atoms. The maximum atomic E-state index is 12.6. The van der Waals surface area contributed by atoms with Gasteiger partial charge in [-0.15, -0.1) is 0 Å². The van der Waals surface area contributed by atoms with Crippen LogP contribution in [0.25, 0.3) is 12.2 Å². The molecule has 0 bridgehead atoms. The Hall–Kier alpha value is -2.22. The molecule has 0 aliphatic rings. The van der Waals surface area contributed by atoms with E-state index in [9.17, 15) is 16.8 Å². The van der Waals surface area contributed by atoms with Gasteiger partial charge in [-0.05, 0) is 35.4 Å². The van der Waals surface area contributed by atoms with Crippen LogP contribution >= 0.6 is 0 Å². The largest absolute Gasteiger partial charge is 0.256 e. The van der Waals surface area contributed by atoms with Gasteiger partial charge in [-0.2, -0.15) is 0 Å². The van der Waals surface area contributed by atoms with E-state index in [2.05, 4.69) is 13.2 Å². The van der Waals surface area contributed by atoms with Crippen LogP contribution in [0.4, 0.5) is 0 Å². The van der Waals surface area contributed by atoms with Crippen LogP contribution in [0.15, 0.2) is 71.5 Å². The molecule has 2 aromatic carbocycles. The van der Waals surface area contributed by atoms with Gasteiger partial charge in [0, 0.05) is 7.05 Å². The maximum Gasteiger partial charge on any atom is 0.256 e. The van der Waals surface area contributed by atoms with E-state index in [4.69, 9.17) is 0 Å². The topological polar surface area (TPSA) is 71.5 Å². The molecule has 0 saturated carbocycles. The average molecular weight is 363 g/mol. The van der Waals surface area contributed by atoms with Crippen molar-refractivity contribution in [1.82, 2.24) is 3.71 Å². The Morgan fingerprint density at radius 2 is 1.00 bits per heavy atom. The molecule has 0 aliphatic carbocycles. The summed E-state index contributed by atoms with van der Waals surface area (Å²) in [6.07, 6.45) is 3.13. The Morgan fingerprint density at radius 3 is 1.25 bits per heavy atom. The molecule has 0 N–H and O–H groups in total. The van der Waals surface area contributed by atoms with Crippen LogP contribution in [0.3, 0.4) is 0 Å². The molecular formula is C17H17NO4S2. The van der Waals surface area contributed by atoms with Crippen LogP contribution < -0.4 is 0 Å². The van der Waals surface area contributed by atoms with Gasteiger partial charge in [0.25, 0.3) is 20.0 Å². The van der Waals surface area contributed by atoms with E-state index in [0.29, 0.717) is 3.71 Å². The monoisotopic (exact) mass is 363 g/mol. The normalized spacial score (nSPS) is 12.1. The van der Waals surface area contributed by atoms with Gasteiger partial charge in [-0.3, -0.25) is 0 Å². The molecule has 0 amide bonds. The zero-order valence-electron chi connectivity index (χ0n) is 13.1. The van der Waals surface area contributed by atoms with Crippen molar-refractivity contribution in [2.24, 2.45) is 0 Å². The Labute approximate surface area is 142 Å². The summed E-state index contributed by atoms with van der Waals surface area (Å²) in [5.74, 6) is 0. The van der Waals surface area contributed by atoms with E-state index < -0.39 is 20.0 Å². The van der Waals surface area contributed by atoms with Gasteiger partial charge in [0.15, 0.2) is 0 Å². The third kappa shape index (κ3) is 3.33. The highest BCUT2D eigenvalue weighted by Gasteiger charge is 2.32. The summed E-state index contributed by atoms with van der Waals surface area (Å²) in [6.45, 7) is 7.18. The van der Waals surface area contributed by atoms with E-state index in [-0.39, 0.29) is 9.79 Å². The predicted octanol–water partition coefficient (Wildman–Crippen LogP) is 2.98. The first-order valence-electron chi connectivity index (χ1n) is 6.92. The minimum absolute atomic E-state index is 0.109. The number of nitrogens with zero attached hydrogens (tertiary/aromatic N) is 1. The summed E-state index contributed by atoms with van der Waals surface area (Å²) in [4.78, 5) is -0.219. The quantitative estimate of drug-likeness (QED) is 0.791. The van der Waals surface area contributed by atoms with Gasteiger partial charge >= 0.3 is 0 Å². The molecule has 0 atom stereocenters. The predicted molar refractivity (Wildman–Crippen MR) is 95.2 cm³/mol. The van der Waals surface area contributed by atoms with Gasteiger partial charge in [-0.25, -0.2) is 16.8 Å². The molecule has 0 fully saturated rings. The molecule has 126 valence electrons. The highest BCUT2D eigenvalue weighted by molar-refractivity contribution is 8.04. The van der Waals surface area contributed by atoms with Crippen LogP contribution in [0, 0.1) is 0 Å². The van der Waals surface area contributed by atoms with Crippen molar-refractivity contribution in [3.63, 3.8) is 0 Å². The Bertz CT molecular complexity index is 877. The fourth-order valence-corrected chi connectivity index (χ4v) is 5.08. The third-order valence-electron chi connectivity index (χ3n) is 3.50. The second-order valence-corrected chi connectivity index (χ2v) is 9.11. The smallest absolute Gasteiger partial charge is 0.206 e. The van der Waals surface area contributed by atoms with Crippen LogP contribution in [-0.2, 0) is 20.0 Å². The van der Waals surface area contributed by atoms with Crippen LogP contribution in [-0.4, -0.2) is 27.6 Å². The third-order valence-corrected chi connectivity index (χ3v) is 7.77. The highest BCUT2D eigenvalue weighted by Crippen LogP contribution is 2.23. The van der Waals surface area contributed by atoms with Crippen molar-refractivity contribution in [2.75, 3.05) is 7.05 Å². The van der Waals surface area contributed by atoms with Crippen LogP contribution in [0.1, 0.15) is 11.1 Å². The molecule has 0 heterocycles. The summed E-state index contributed by atoms with van der Waals surface area (Å²) in [5.41, 5.74) is 1.47. The van der Waals surface area contributed by atoms with Crippen molar-refractivity contribution < 1.29 is 16.8 Å². The zero-order valence-corrected chi connectivity index (χ0v) is 14.7. The van der Waals surface area contributed by atoms with E-state index in [1.807, 2.05) is 0 Å². The minimum Gasteiger partial charge on any atom is -0.206 e. The van der Waals surface area contributed by atoms with E-state index in [0.717, 1.165) is 18.2 Å². The molecule has 0 unspecified atom stereocenters. The summed E-state index contributed by atoms with van der Waals surface area (Å²) in [5, 5.41) is 0. The standard InChI is InChI=1S/C17H17NO4S2/c1-4-14-6-10-16(11-7-14)23(19,20)18(3)24(21,22)17-12-8-15(5-2)9-13-17/h4-13H,1-2H2,3H3. The van der Waals surface area contributed by atoms with Gasteiger partial charge in [0.05, 0.1) is 9.79 Å². The number of hydrogen-bond donors (Lipinski definition) is 0. The lowest BCUT2D eigenvalue weighted by atomic mass is 10.2. The summed E-state index contributed by atoms with van der Waals surface area (Å²) in [6, 6.07) is 11.6. The van der Waals surface area contributed by atoms with Gasteiger partial charge in [0.1, 0.15) is 0 Å². The summed E-state index contributed by atoms with van der Waals surface area (Å²) >= 11 is 0. The first kappa shape index (κ1) is 18.1. The summed E-state index contributed by atoms with van der Waals surface area (Å²) < 4.78 is 50.7. The van der Waals surface area contributed by atoms with Gasteiger partial charge in [-0.1, -0.05) is 53.3 Å². The molecule has 0 radical (unpaired) electrons. The minimum atomic E-state index is -4.19. The Kier molecular flexibility index (Phi) is 5.08. The molecule has 2 aromatic rings. The van der Waals surface area contributed by atoms with Crippen molar-refractivity contribution in [3.8, 4) is 0 Å². The van der Waals surface area contributed by atoms with Crippen LogP contribution in [0.5, 0.6) is 0 Å². The maximum absolute atomic E-state index is 12.6. The number of rotatable bonds is 6. The van der Waals surface area contributed by atoms with Crippen molar-refractivity contribution >= 4 is 32.2 Å². The second-order valence-electron chi connectivity index (χ2n) is 4.94. The first-order chi connectivity index (χ1) is 11.2. The number of hydrogen-bond acceptors (Lipinski definition) is 4. The Morgan fingerprint density at radius 1 is 0.708 bits per heavy atom. The molecular weight excluding hydrogens is 346 g/mol. The fourth-order valence-electron chi connectivity index (χ4n) is 1.98. The SMILES string of the molecule is C=Cc1ccc(S(=O)(=O)N(C)S(=O)(=O)c2ccc(C=C)cc2)cc1. The van der Waals surface area contributed by atoms with E-state index in [1.165, 1.54) is 24.3 Å². The van der Waals surface area contributed by atoms with Crippen molar-refractivity contribution in [1.29, 1.82) is 0 Å². The lowest BCUT2D eigenvalue weighted by Gasteiger charge is -2.17. The van der Waals surface area contributed by atoms with Crippen LogP contribution in [0.2, 0.25) is 0 Å². The lowest BCUT2D eigenvalue weighted by Crippen LogP contribution is -2.33. The molecule has 2 rings (SSSR count). The molecule has 0 aliphatic heterocycles. The molecule has 0 aromatic heterocycles. The van der Waals surface area contributed by atoms with E-state index >= 15 is 0 Å². The average Bonchev–Trinajstić information content (AvgIpc) is 2.61. The zero-order chi connectivity index (χ0) is 18.0. The first-order valence-corrected chi connectivity index (χ1v) is 9.80. The Balaban J connectivity index is 2.44. The molecule has 0 saturated heterocycles. The second kappa shape index (κ2) is 6.72. The van der Waals surface area contributed by atoms with Gasteiger partial charge < -0.3 is 0 Å². The van der Waals surface area contributed by atoms with Gasteiger partial charge in [0.2, 0.25) is 0 Å². The number of sulfonamides is 2. The summed E-state index contributed by atoms with van der Waals surface area (Å²) in [7, 11) is -7.37. The van der Waals surface area contributed by atoms with Crippen molar-refractivity contribution in [2.45, 2.75) is 9.79 Å². The fraction of sp³-hybridized carbons (Fsp3) is 0.0588. The number of benzene rings is 2. The van der Waals surface area contributed by atoms with E-state index in [1.54, 1.807) is 36.4 Å². The van der Waals surface area contributed by atoms with Crippen molar-refractivity contribution in [3.05, 3.63) is 72.8 Å². The molecule has 0 spiro atoms. The lowest BCUT2D eigenvalue weighted by molar-refractivity contribution is 0.526. The highest BCUT2D eigenvalue weighted by atomic mass is 32.3. The molecule has 7 heteroatoms. The molecule has 5 nitrogen and oxygen atoms in total.